The first-order chi connectivity index (χ1) is 13.6. The Hall–Kier alpha value is -3.06. The molecular formula is C21H22N6O. The molecule has 0 saturated heterocycles. The molecule has 4 heterocycles. The van der Waals surface area contributed by atoms with Gasteiger partial charge in [-0.2, -0.15) is 0 Å². The van der Waals surface area contributed by atoms with Gasteiger partial charge in [-0.15, -0.1) is 5.10 Å². The Labute approximate surface area is 162 Å². The zero-order chi connectivity index (χ0) is 19.1. The van der Waals surface area contributed by atoms with Crippen molar-refractivity contribution in [2.45, 2.75) is 44.2 Å². The smallest absolute Gasteiger partial charge is 0.241 e. The molecule has 0 unspecified atom stereocenters. The minimum absolute atomic E-state index is 0.296. The second kappa shape index (κ2) is 6.53. The van der Waals surface area contributed by atoms with E-state index in [0.717, 1.165) is 53.4 Å². The van der Waals surface area contributed by atoms with E-state index in [2.05, 4.69) is 31.4 Å². The van der Waals surface area contributed by atoms with E-state index < -0.39 is 5.60 Å². The standard InChI is InChI=1S/C21H22N6O/c1-21(28)7-4-16(5-8-21)25-20-24-13-18-17(6-10-27(18)26-20)15-11-14-3-2-9-22-19(14)23-12-15/h2-3,6,9-13,16,28H,4-5,7-8H2,1H3,(H,25,26)/t16-,21+. The van der Waals surface area contributed by atoms with E-state index >= 15 is 0 Å². The fraction of sp³-hybridized carbons (Fsp3) is 0.333. The lowest BCUT2D eigenvalue weighted by atomic mass is 9.84. The summed E-state index contributed by atoms with van der Waals surface area (Å²) in [6, 6.07) is 8.34. The summed E-state index contributed by atoms with van der Waals surface area (Å²) >= 11 is 0. The van der Waals surface area contributed by atoms with Crippen LogP contribution < -0.4 is 5.32 Å². The van der Waals surface area contributed by atoms with Crippen LogP contribution in [0.1, 0.15) is 32.6 Å². The highest BCUT2D eigenvalue weighted by Crippen LogP contribution is 2.30. The molecule has 0 aromatic carbocycles. The molecule has 7 nitrogen and oxygen atoms in total. The number of anilines is 1. The predicted octanol–water partition coefficient (Wildman–Crippen LogP) is 3.45. The molecule has 1 saturated carbocycles. The maximum absolute atomic E-state index is 10.1. The molecule has 0 amide bonds. The number of nitrogens with one attached hydrogen (secondary N) is 1. The molecule has 1 aliphatic carbocycles. The van der Waals surface area contributed by atoms with Crippen molar-refractivity contribution in [3.63, 3.8) is 0 Å². The van der Waals surface area contributed by atoms with Crippen LogP contribution in [0, 0.1) is 0 Å². The summed E-state index contributed by atoms with van der Waals surface area (Å²) in [6.07, 6.45) is 10.8. The van der Waals surface area contributed by atoms with E-state index in [9.17, 15) is 5.11 Å². The van der Waals surface area contributed by atoms with Gasteiger partial charge in [0.25, 0.3) is 0 Å². The SMILES string of the molecule is C[C@]1(O)CC[C@@H](Nc2ncc3c(-c4cnc5ncccc5c4)ccn3n2)CC1. The topological polar surface area (TPSA) is 88.2 Å². The lowest BCUT2D eigenvalue weighted by Gasteiger charge is -2.33. The summed E-state index contributed by atoms with van der Waals surface area (Å²) in [5, 5.41) is 19.1. The lowest BCUT2D eigenvalue weighted by Crippen LogP contribution is -2.36. The predicted molar refractivity (Wildman–Crippen MR) is 108 cm³/mol. The Bertz CT molecular complexity index is 1140. The van der Waals surface area contributed by atoms with E-state index in [1.54, 1.807) is 6.20 Å². The van der Waals surface area contributed by atoms with E-state index in [1.165, 1.54) is 0 Å². The molecule has 4 aromatic rings. The summed E-state index contributed by atoms with van der Waals surface area (Å²) in [5.41, 5.74) is 3.19. The average molecular weight is 374 g/mol. The molecular weight excluding hydrogens is 352 g/mol. The second-order valence-corrected chi connectivity index (χ2v) is 7.83. The summed E-state index contributed by atoms with van der Waals surface area (Å²) in [6.45, 7) is 1.91. The molecule has 1 fully saturated rings. The molecule has 2 N–H and O–H groups in total. The molecule has 28 heavy (non-hydrogen) atoms. The lowest BCUT2D eigenvalue weighted by molar-refractivity contribution is 0.0195. The largest absolute Gasteiger partial charge is 0.390 e. The number of pyridine rings is 2. The Morgan fingerprint density at radius 3 is 2.86 bits per heavy atom. The Kier molecular flexibility index (Phi) is 3.98. The van der Waals surface area contributed by atoms with Crippen LogP contribution in [0.15, 0.2) is 49.1 Å². The highest BCUT2D eigenvalue weighted by Gasteiger charge is 2.28. The van der Waals surface area contributed by atoms with Gasteiger partial charge in [0.15, 0.2) is 5.65 Å². The number of rotatable bonds is 3. The highest BCUT2D eigenvalue weighted by atomic mass is 16.3. The summed E-state index contributed by atoms with van der Waals surface area (Å²) in [4.78, 5) is 13.3. The van der Waals surface area contributed by atoms with E-state index in [4.69, 9.17) is 0 Å². The van der Waals surface area contributed by atoms with Crippen molar-refractivity contribution in [1.82, 2.24) is 24.6 Å². The van der Waals surface area contributed by atoms with Gasteiger partial charge in [0.2, 0.25) is 5.95 Å². The molecule has 4 aromatic heterocycles. The number of aromatic nitrogens is 5. The van der Waals surface area contributed by atoms with Crippen LogP contribution in [-0.4, -0.2) is 41.3 Å². The first-order valence-corrected chi connectivity index (χ1v) is 9.62. The zero-order valence-electron chi connectivity index (χ0n) is 15.7. The third-order valence-electron chi connectivity index (χ3n) is 5.58. The number of aliphatic hydroxyl groups is 1. The first-order valence-electron chi connectivity index (χ1n) is 9.62. The van der Waals surface area contributed by atoms with Crippen LogP contribution >= 0.6 is 0 Å². The molecule has 0 radical (unpaired) electrons. The molecule has 142 valence electrons. The van der Waals surface area contributed by atoms with Gasteiger partial charge in [-0.05, 0) is 56.9 Å². The summed E-state index contributed by atoms with van der Waals surface area (Å²) < 4.78 is 1.84. The third-order valence-corrected chi connectivity index (χ3v) is 5.58. The molecule has 1 aliphatic rings. The summed E-state index contributed by atoms with van der Waals surface area (Å²) in [7, 11) is 0. The highest BCUT2D eigenvalue weighted by molar-refractivity contribution is 5.86. The van der Waals surface area contributed by atoms with Crippen molar-refractivity contribution in [2.75, 3.05) is 5.32 Å². The van der Waals surface area contributed by atoms with Gasteiger partial charge in [-0.3, -0.25) is 0 Å². The quantitative estimate of drug-likeness (QED) is 0.571. The van der Waals surface area contributed by atoms with Crippen LogP contribution in [0.5, 0.6) is 0 Å². The molecule has 0 bridgehead atoms. The van der Waals surface area contributed by atoms with Gasteiger partial charge < -0.3 is 10.4 Å². The molecule has 0 spiro atoms. The summed E-state index contributed by atoms with van der Waals surface area (Å²) in [5.74, 6) is 0.613. The maximum atomic E-state index is 10.1. The molecule has 0 aliphatic heterocycles. The van der Waals surface area contributed by atoms with Crippen LogP contribution in [0.25, 0.3) is 27.7 Å². The van der Waals surface area contributed by atoms with Gasteiger partial charge in [0.05, 0.1) is 17.3 Å². The molecule has 0 atom stereocenters. The maximum Gasteiger partial charge on any atom is 0.241 e. The van der Waals surface area contributed by atoms with Crippen molar-refractivity contribution in [3.05, 3.63) is 49.1 Å². The molecule has 5 rings (SSSR count). The van der Waals surface area contributed by atoms with E-state index in [0.29, 0.717) is 12.0 Å². The minimum Gasteiger partial charge on any atom is -0.390 e. The van der Waals surface area contributed by atoms with Crippen molar-refractivity contribution >= 4 is 22.5 Å². The van der Waals surface area contributed by atoms with Crippen LogP contribution in [0.2, 0.25) is 0 Å². The van der Waals surface area contributed by atoms with Crippen molar-refractivity contribution < 1.29 is 5.11 Å². The first kappa shape index (κ1) is 17.1. The fourth-order valence-electron chi connectivity index (χ4n) is 3.89. The van der Waals surface area contributed by atoms with Crippen molar-refractivity contribution in [1.29, 1.82) is 0 Å². The minimum atomic E-state index is -0.540. The van der Waals surface area contributed by atoms with Crippen LogP contribution in [0.4, 0.5) is 5.95 Å². The van der Waals surface area contributed by atoms with Crippen LogP contribution in [0.3, 0.4) is 0 Å². The average Bonchev–Trinajstić information content (AvgIpc) is 3.12. The van der Waals surface area contributed by atoms with Gasteiger partial charge in [0, 0.05) is 41.1 Å². The normalized spacial score (nSPS) is 22.6. The monoisotopic (exact) mass is 374 g/mol. The van der Waals surface area contributed by atoms with Crippen molar-refractivity contribution in [3.8, 4) is 11.1 Å². The van der Waals surface area contributed by atoms with Crippen LogP contribution in [-0.2, 0) is 0 Å². The Balaban J connectivity index is 1.41. The number of nitrogens with zero attached hydrogens (tertiary/aromatic N) is 5. The van der Waals surface area contributed by atoms with Gasteiger partial charge in [-0.25, -0.2) is 19.5 Å². The van der Waals surface area contributed by atoms with E-state index in [-0.39, 0.29) is 0 Å². The zero-order valence-corrected chi connectivity index (χ0v) is 15.7. The number of fused-ring (bicyclic) bond motifs is 2. The van der Waals surface area contributed by atoms with Gasteiger partial charge >= 0.3 is 0 Å². The van der Waals surface area contributed by atoms with Gasteiger partial charge in [-0.1, -0.05) is 0 Å². The van der Waals surface area contributed by atoms with Gasteiger partial charge in [0.1, 0.15) is 0 Å². The third kappa shape index (κ3) is 3.18. The fourth-order valence-corrected chi connectivity index (χ4v) is 3.89. The number of hydrogen-bond donors (Lipinski definition) is 2. The van der Waals surface area contributed by atoms with E-state index in [1.807, 2.05) is 48.2 Å². The Morgan fingerprint density at radius 1 is 1.14 bits per heavy atom. The molecule has 7 heteroatoms. The number of hydrogen-bond acceptors (Lipinski definition) is 6. The Morgan fingerprint density at radius 2 is 2.00 bits per heavy atom. The van der Waals surface area contributed by atoms with Crippen molar-refractivity contribution in [2.24, 2.45) is 0 Å². The second-order valence-electron chi connectivity index (χ2n) is 7.83.